The smallest absolute Gasteiger partial charge is 0.155 e. The van der Waals surface area contributed by atoms with Crippen molar-refractivity contribution in [3.05, 3.63) is 0 Å². The molecule has 11 heavy (non-hydrogen) atoms. The van der Waals surface area contributed by atoms with Crippen LogP contribution in [-0.2, 0) is 9.84 Å². The summed E-state index contributed by atoms with van der Waals surface area (Å²) in [6.07, 6.45) is -0.773. The van der Waals surface area contributed by atoms with E-state index in [1.54, 1.807) is 0 Å². The standard InChI is InChI=1S/C6H13NO3S/c1-4-6(8)5(2-7)3-11(4,9)10/h4-6,8H,2-3,7H2,1H3. The molecular weight excluding hydrogens is 166 g/mol. The minimum absolute atomic E-state index is 0.0336. The van der Waals surface area contributed by atoms with Crippen molar-refractivity contribution < 1.29 is 13.5 Å². The van der Waals surface area contributed by atoms with Gasteiger partial charge in [0.05, 0.1) is 17.1 Å². The third-order valence-electron chi connectivity index (χ3n) is 2.28. The van der Waals surface area contributed by atoms with Gasteiger partial charge in [-0.3, -0.25) is 0 Å². The van der Waals surface area contributed by atoms with Crippen molar-refractivity contribution in [2.45, 2.75) is 18.3 Å². The van der Waals surface area contributed by atoms with E-state index in [1.165, 1.54) is 6.92 Å². The van der Waals surface area contributed by atoms with Crippen molar-refractivity contribution in [1.29, 1.82) is 0 Å². The molecule has 0 bridgehead atoms. The maximum absolute atomic E-state index is 11.1. The van der Waals surface area contributed by atoms with Crippen LogP contribution in [0.1, 0.15) is 6.92 Å². The maximum Gasteiger partial charge on any atom is 0.155 e. The summed E-state index contributed by atoms with van der Waals surface area (Å²) in [6.45, 7) is 1.76. The molecule has 3 unspecified atom stereocenters. The van der Waals surface area contributed by atoms with Crippen molar-refractivity contribution in [3.63, 3.8) is 0 Å². The zero-order valence-electron chi connectivity index (χ0n) is 6.40. The minimum atomic E-state index is -3.07. The molecule has 1 aliphatic heterocycles. The highest BCUT2D eigenvalue weighted by Crippen LogP contribution is 2.24. The largest absolute Gasteiger partial charge is 0.391 e. The molecule has 5 heteroatoms. The van der Waals surface area contributed by atoms with E-state index in [1.807, 2.05) is 0 Å². The summed E-state index contributed by atoms with van der Waals surface area (Å²) in [7, 11) is -3.07. The van der Waals surface area contributed by atoms with Crippen LogP contribution < -0.4 is 5.73 Å². The maximum atomic E-state index is 11.1. The van der Waals surface area contributed by atoms with Gasteiger partial charge in [0.1, 0.15) is 0 Å². The van der Waals surface area contributed by atoms with Crippen LogP contribution in [0.5, 0.6) is 0 Å². The summed E-state index contributed by atoms with van der Waals surface area (Å²) in [4.78, 5) is 0. The Labute approximate surface area is 66.3 Å². The molecule has 0 aromatic rings. The van der Waals surface area contributed by atoms with Gasteiger partial charge in [0.2, 0.25) is 0 Å². The van der Waals surface area contributed by atoms with Gasteiger partial charge in [-0.2, -0.15) is 0 Å². The first kappa shape index (κ1) is 8.96. The molecule has 1 heterocycles. The summed E-state index contributed by atoms with van der Waals surface area (Å²) in [5, 5.41) is 8.69. The average molecular weight is 179 g/mol. The number of aliphatic hydroxyl groups excluding tert-OH is 1. The second-order valence-electron chi connectivity index (χ2n) is 3.02. The average Bonchev–Trinajstić information content (AvgIpc) is 2.13. The Morgan fingerprint density at radius 3 is 2.36 bits per heavy atom. The van der Waals surface area contributed by atoms with Gasteiger partial charge >= 0.3 is 0 Å². The van der Waals surface area contributed by atoms with Gasteiger partial charge in [-0.05, 0) is 13.5 Å². The Morgan fingerprint density at radius 1 is 1.64 bits per heavy atom. The van der Waals surface area contributed by atoms with Crippen LogP contribution in [0.3, 0.4) is 0 Å². The molecule has 0 aromatic carbocycles. The van der Waals surface area contributed by atoms with Gasteiger partial charge in [0.15, 0.2) is 9.84 Å². The number of hydrogen-bond acceptors (Lipinski definition) is 4. The highest BCUT2D eigenvalue weighted by molar-refractivity contribution is 7.92. The molecule has 0 radical (unpaired) electrons. The zero-order chi connectivity index (χ0) is 8.65. The number of nitrogens with two attached hydrogens (primary N) is 1. The molecule has 0 saturated carbocycles. The number of hydrogen-bond donors (Lipinski definition) is 2. The molecule has 0 spiro atoms. The van der Waals surface area contributed by atoms with Gasteiger partial charge in [0, 0.05) is 5.92 Å². The Balaban J connectivity index is 2.86. The Kier molecular flexibility index (Phi) is 2.22. The molecule has 4 nitrogen and oxygen atoms in total. The summed E-state index contributed by atoms with van der Waals surface area (Å²) >= 11 is 0. The van der Waals surface area contributed by atoms with E-state index in [2.05, 4.69) is 0 Å². The molecular formula is C6H13NO3S. The van der Waals surface area contributed by atoms with Crippen molar-refractivity contribution >= 4 is 9.84 Å². The first-order valence-corrected chi connectivity index (χ1v) is 5.30. The number of sulfone groups is 1. The van der Waals surface area contributed by atoms with Crippen LogP contribution in [-0.4, -0.2) is 37.2 Å². The lowest BCUT2D eigenvalue weighted by Crippen LogP contribution is -2.29. The SMILES string of the molecule is CC1C(O)C(CN)CS1(=O)=O. The highest BCUT2D eigenvalue weighted by Gasteiger charge is 2.42. The summed E-state index contributed by atoms with van der Waals surface area (Å²) in [5.41, 5.74) is 5.28. The highest BCUT2D eigenvalue weighted by atomic mass is 32.2. The lowest BCUT2D eigenvalue weighted by atomic mass is 10.0. The molecule has 1 saturated heterocycles. The minimum Gasteiger partial charge on any atom is -0.391 e. The molecule has 66 valence electrons. The molecule has 1 fully saturated rings. The lowest BCUT2D eigenvalue weighted by Gasteiger charge is -2.11. The molecule has 3 N–H and O–H groups in total. The Morgan fingerprint density at radius 2 is 2.18 bits per heavy atom. The molecule has 1 rings (SSSR count). The van der Waals surface area contributed by atoms with E-state index < -0.39 is 21.2 Å². The summed E-state index contributed by atoms with van der Waals surface area (Å²) in [5.74, 6) is -0.235. The van der Waals surface area contributed by atoms with Crippen LogP contribution in [0.25, 0.3) is 0 Å². The Bertz CT molecular complexity index is 236. The van der Waals surface area contributed by atoms with Crippen molar-refractivity contribution in [2.24, 2.45) is 11.7 Å². The second-order valence-corrected chi connectivity index (χ2v) is 5.42. The molecule has 1 aliphatic rings. The Hall–Kier alpha value is -0.130. The van der Waals surface area contributed by atoms with Crippen molar-refractivity contribution in [2.75, 3.05) is 12.3 Å². The van der Waals surface area contributed by atoms with Gasteiger partial charge in [0.25, 0.3) is 0 Å². The van der Waals surface area contributed by atoms with Crippen LogP contribution in [0, 0.1) is 5.92 Å². The normalized spacial score (nSPS) is 42.6. The van der Waals surface area contributed by atoms with Gasteiger partial charge in [-0.1, -0.05) is 0 Å². The molecule has 0 aliphatic carbocycles. The van der Waals surface area contributed by atoms with Gasteiger partial charge in [-0.25, -0.2) is 8.42 Å². The molecule has 3 atom stereocenters. The van der Waals surface area contributed by atoms with E-state index in [4.69, 9.17) is 5.73 Å². The molecule has 0 aromatic heterocycles. The quantitative estimate of drug-likeness (QED) is 0.526. The number of aliphatic hydroxyl groups is 1. The van der Waals surface area contributed by atoms with E-state index in [9.17, 15) is 13.5 Å². The van der Waals surface area contributed by atoms with Crippen LogP contribution in [0.4, 0.5) is 0 Å². The fourth-order valence-electron chi connectivity index (χ4n) is 1.35. The van der Waals surface area contributed by atoms with Gasteiger partial charge in [-0.15, -0.1) is 0 Å². The first-order valence-electron chi connectivity index (χ1n) is 3.58. The third kappa shape index (κ3) is 1.40. The zero-order valence-corrected chi connectivity index (χ0v) is 7.21. The predicted octanol–water partition coefficient (Wildman–Crippen LogP) is -1.26. The van der Waals surface area contributed by atoms with Crippen LogP contribution in [0.15, 0.2) is 0 Å². The third-order valence-corrected chi connectivity index (χ3v) is 4.58. The van der Waals surface area contributed by atoms with Crippen LogP contribution in [0.2, 0.25) is 0 Å². The second kappa shape index (κ2) is 2.73. The van der Waals surface area contributed by atoms with Crippen LogP contribution >= 0.6 is 0 Å². The van der Waals surface area contributed by atoms with Gasteiger partial charge < -0.3 is 10.8 Å². The van der Waals surface area contributed by atoms with E-state index in [-0.39, 0.29) is 18.2 Å². The monoisotopic (exact) mass is 179 g/mol. The first-order chi connectivity index (χ1) is 4.99. The lowest BCUT2D eigenvalue weighted by molar-refractivity contribution is 0.132. The van der Waals surface area contributed by atoms with Crippen molar-refractivity contribution in [1.82, 2.24) is 0 Å². The van der Waals surface area contributed by atoms with E-state index in [0.717, 1.165) is 0 Å². The van der Waals surface area contributed by atoms with E-state index >= 15 is 0 Å². The number of rotatable bonds is 1. The molecule has 0 amide bonds. The fourth-order valence-corrected chi connectivity index (χ4v) is 3.23. The fraction of sp³-hybridized carbons (Fsp3) is 1.00. The predicted molar refractivity (Wildman–Crippen MR) is 41.8 cm³/mol. The topological polar surface area (TPSA) is 80.4 Å². The summed E-state index contributed by atoms with van der Waals surface area (Å²) < 4.78 is 22.3. The summed E-state index contributed by atoms with van der Waals surface area (Å²) in [6, 6.07) is 0. The van der Waals surface area contributed by atoms with Crippen molar-refractivity contribution in [3.8, 4) is 0 Å². The van der Waals surface area contributed by atoms with E-state index in [0.29, 0.717) is 0 Å².